The number of nitrogens with zero attached hydrogens (tertiary/aromatic N) is 1. The van der Waals surface area contributed by atoms with Crippen LogP contribution < -0.4 is 11.5 Å². The van der Waals surface area contributed by atoms with Crippen LogP contribution in [0.15, 0.2) is 4.99 Å². The van der Waals surface area contributed by atoms with Gasteiger partial charge in [0, 0.05) is 13.0 Å². The van der Waals surface area contributed by atoms with Gasteiger partial charge in [0.2, 0.25) is 0 Å². The molecule has 11 heavy (non-hydrogen) atoms. The number of carboxylic acid groups (broad SMARTS) is 1. The van der Waals surface area contributed by atoms with Crippen LogP contribution in [-0.2, 0) is 4.79 Å². The van der Waals surface area contributed by atoms with Crippen LogP contribution in [0.5, 0.6) is 0 Å². The molecule has 0 aliphatic rings. The summed E-state index contributed by atoms with van der Waals surface area (Å²) in [6.07, 6.45) is 0. The van der Waals surface area contributed by atoms with Gasteiger partial charge in [-0.2, -0.15) is 0 Å². The smallest absolute Gasteiger partial charge is 0.300 e. The monoisotopic (exact) mass is 161 g/mol. The molecule has 0 aliphatic carbocycles. The van der Waals surface area contributed by atoms with Crippen molar-refractivity contribution in [3.05, 3.63) is 0 Å². The number of carbonyl (C=O) groups is 1. The van der Waals surface area contributed by atoms with E-state index in [-0.39, 0.29) is 12.0 Å². The highest BCUT2D eigenvalue weighted by Crippen LogP contribution is 1.80. The molecule has 0 saturated heterocycles. The standard InChI is InChI=1S/C4H11N3.C2H4O2/c1-3(2)7-4(5)6;1-2(3)4/h3H,1-2H3,(H4,5,6,7);1H3,(H,3,4). The van der Waals surface area contributed by atoms with Gasteiger partial charge >= 0.3 is 0 Å². The number of guanidine groups is 1. The Hall–Kier alpha value is -1.26. The van der Waals surface area contributed by atoms with Gasteiger partial charge in [0.05, 0.1) is 0 Å². The molecule has 66 valence electrons. The Kier molecular flexibility index (Phi) is 7.74. The maximum absolute atomic E-state index is 9.00. The van der Waals surface area contributed by atoms with Gasteiger partial charge in [0.15, 0.2) is 5.96 Å². The van der Waals surface area contributed by atoms with Gasteiger partial charge in [0.1, 0.15) is 0 Å². The van der Waals surface area contributed by atoms with Crippen LogP contribution >= 0.6 is 0 Å². The molecule has 0 aliphatic heterocycles. The fraction of sp³-hybridized carbons (Fsp3) is 0.667. The van der Waals surface area contributed by atoms with Crippen LogP contribution in [0.4, 0.5) is 0 Å². The number of nitrogens with two attached hydrogens (primary N) is 2. The molecular weight excluding hydrogens is 146 g/mol. The summed E-state index contributed by atoms with van der Waals surface area (Å²) in [5.41, 5.74) is 10.0. The second-order valence-electron chi connectivity index (χ2n) is 2.17. The number of aliphatic carboxylic acids is 1. The van der Waals surface area contributed by atoms with Crippen LogP contribution in [0.3, 0.4) is 0 Å². The molecular formula is C6H15N3O2. The van der Waals surface area contributed by atoms with E-state index < -0.39 is 5.97 Å². The normalized spacial score (nSPS) is 8.00. The van der Waals surface area contributed by atoms with Crippen molar-refractivity contribution in [2.45, 2.75) is 26.8 Å². The van der Waals surface area contributed by atoms with Crippen molar-refractivity contribution in [1.82, 2.24) is 0 Å². The lowest BCUT2D eigenvalue weighted by Crippen LogP contribution is -2.24. The SMILES string of the molecule is CC(=O)O.CC(C)N=C(N)N. The lowest BCUT2D eigenvalue weighted by atomic mass is 10.4. The molecule has 5 nitrogen and oxygen atoms in total. The van der Waals surface area contributed by atoms with Crippen LogP contribution in [-0.4, -0.2) is 23.1 Å². The van der Waals surface area contributed by atoms with Gasteiger partial charge < -0.3 is 16.6 Å². The Morgan fingerprint density at radius 3 is 1.73 bits per heavy atom. The zero-order valence-corrected chi connectivity index (χ0v) is 7.03. The molecule has 5 N–H and O–H groups in total. The Morgan fingerprint density at radius 2 is 1.73 bits per heavy atom. The minimum atomic E-state index is -0.833. The van der Waals surface area contributed by atoms with E-state index in [1.54, 1.807) is 0 Å². The van der Waals surface area contributed by atoms with Crippen molar-refractivity contribution < 1.29 is 9.90 Å². The van der Waals surface area contributed by atoms with Gasteiger partial charge in [-0.05, 0) is 13.8 Å². The first-order valence-electron chi connectivity index (χ1n) is 3.14. The second-order valence-corrected chi connectivity index (χ2v) is 2.17. The van der Waals surface area contributed by atoms with Gasteiger partial charge in [-0.3, -0.25) is 9.79 Å². The predicted octanol–water partition coefficient (Wildman–Crippen LogP) is -0.241. The quantitative estimate of drug-likeness (QED) is 0.365. The Balaban J connectivity index is 0. The third kappa shape index (κ3) is 52.9. The fourth-order valence-electron chi connectivity index (χ4n) is 0.298. The van der Waals surface area contributed by atoms with Gasteiger partial charge in [0.25, 0.3) is 5.97 Å². The summed E-state index contributed by atoms with van der Waals surface area (Å²) in [7, 11) is 0. The maximum Gasteiger partial charge on any atom is 0.300 e. The van der Waals surface area contributed by atoms with E-state index >= 15 is 0 Å². The molecule has 0 amide bonds. The molecule has 0 aromatic rings. The molecule has 0 heterocycles. The summed E-state index contributed by atoms with van der Waals surface area (Å²) in [6.45, 7) is 4.92. The lowest BCUT2D eigenvalue weighted by molar-refractivity contribution is -0.134. The summed E-state index contributed by atoms with van der Waals surface area (Å²) in [5, 5.41) is 7.42. The second kappa shape index (κ2) is 6.85. The third-order valence-corrected chi connectivity index (χ3v) is 0.407. The molecule has 0 spiro atoms. The molecule has 0 bridgehead atoms. The highest BCUT2D eigenvalue weighted by molar-refractivity contribution is 5.75. The Morgan fingerprint density at radius 1 is 1.45 bits per heavy atom. The lowest BCUT2D eigenvalue weighted by Gasteiger charge is -1.93. The summed E-state index contributed by atoms with van der Waals surface area (Å²) in [4.78, 5) is 12.8. The van der Waals surface area contributed by atoms with Crippen LogP contribution in [0.2, 0.25) is 0 Å². The topological polar surface area (TPSA) is 102 Å². The van der Waals surface area contributed by atoms with E-state index in [4.69, 9.17) is 21.4 Å². The van der Waals surface area contributed by atoms with E-state index in [0.717, 1.165) is 6.92 Å². The molecule has 0 radical (unpaired) electrons. The first-order chi connectivity index (χ1) is 4.86. The number of rotatable bonds is 1. The fourth-order valence-corrected chi connectivity index (χ4v) is 0.298. The minimum absolute atomic E-state index is 0.162. The summed E-state index contributed by atoms with van der Waals surface area (Å²) in [5.74, 6) is -0.671. The molecule has 0 saturated carbocycles. The highest BCUT2D eigenvalue weighted by Gasteiger charge is 1.83. The molecule has 0 unspecified atom stereocenters. The maximum atomic E-state index is 9.00. The van der Waals surface area contributed by atoms with Crippen LogP contribution in [0, 0.1) is 0 Å². The largest absolute Gasteiger partial charge is 0.481 e. The van der Waals surface area contributed by atoms with Gasteiger partial charge in [-0.15, -0.1) is 0 Å². The zero-order valence-electron chi connectivity index (χ0n) is 7.03. The van der Waals surface area contributed by atoms with Crippen LogP contribution in [0.25, 0.3) is 0 Å². The average Bonchev–Trinajstić information content (AvgIpc) is 1.56. The van der Waals surface area contributed by atoms with Crippen molar-refractivity contribution in [1.29, 1.82) is 0 Å². The van der Waals surface area contributed by atoms with Crippen LogP contribution in [0.1, 0.15) is 20.8 Å². The highest BCUT2D eigenvalue weighted by atomic mass is 16.4. The van der Waals surface area contributed by atoms with E-state index in [2.05, 4.69) is 4.99 Å². The molecule has 0 aromatic carbocycles. The van der Waals surface area contributed by atoms with Crippen molar-refractivity contribution in [3.63, 3.8) is 0 Å². The Bertz CT molecular complexity index is 135. The number of hydrogen-bond acceptors (Lipinski definition) is 2. The average molecular weight is 161 g/mol. The number of hydrogen-bond donors (Lipinski definition) is 3. The van der Waals surface area contributed by atoms with E-state index in [1.807, 2.05) is 13.8 Å². The van der Waals surface area contributed by atoms with Crippen molar-refractivity contribution in [2.24, 2.45) is 16.5 Å². The zero-order chi connectivity index (χ0) is 9.44. The Labute approximate surface area is 66.1 Å². The molecule has 0 rings (SSSR count). The van der Waals surface area contributed by atoms with Gasteiger partial charge in [-0.25, -0.2) is 0 Å². The molecule has 0 aromatic heterocycles. The van der Waals surface area contributed by atoms with Crippen molar-refractivity contribution in [3.8, 4) is 0 Å². The van der Waals surface area contributed by atoms with E-state index in [9.17, 15) is 0 Å². The van der Waals surface area contributed by atoms with Crippen molar-refractivity contribution in [2.75, 3.05) is 0 Å². The molecule has 0 fully saturated rings. The summed E-state index contributed by atoms with van der Waals surface area (Å²) < 4.78 is 0. The number of aliphatic imine (C=N–C) groups is 1. The molecule has 0 atom stereocenters. The van der Waals surface area contributed by atoms with E-state index in [1.165, 1.54) is 0 Å². The van der Waals surface area contributed by atoms with Crippen molar-refractivity contribution >= 4 is 11.9 Å². The van der Waals surface area contributed by atoms with Gasteiger partial charge in [-0.1, -0.05) is 0 Å². The number of carboxylic acids is 1. The molecule has 5 heteroatoms. The summed E-state index contributed by atoms with van der Waals surface area (Å²) in [6, 6.07) is 0.213. The third-order valence-electron chi connectivity index (χ3n) is 0.407. The predicted molar refractivity (Wildman–Crippen MR) is 44.3 cm³/mol. The minimum Gasteiger partial charge on any atom is -0.481 e. The first-order valence-corrected chi connectivity index (χ1v) is 3.14. The summed E-state index contributed by atoms with van der Waals surface area (Å²) >= 11 is 0. The van der Waals surface area contributed by atoms with E-state index in [0.29, 0.717) is 0 Å². The first kappa shape index (κ1) is 12.4.